The van der Waals surface area contributed by atoms with E-state index < -0.39 is 5.97 Å². The zero-order valence-electron chi connectivity index (χ0n) is 20.0. The number of para-hydroxylation sites is 1. The summed E-state index contributed by atoms with van der Waals surface area (Å²) in [6, 6.07) is 15.1. The van der Waals surface area contributed by atoms with E-state index in [1.54, 1.807) is 4.90 Å². The summed E-state index contributed by atoms with van der Waals surface area (Å²) < 4.78 is 5.13. The first-order valence-corrected chi connectivity index (χ1v) is 12.4. The lowest BCUT2D eigenvalue weighted by molar-refractivity contribution is -0.152. The molecule has 2 amide bonds. The summed E-state index contributed by atoms with van der Waals surface area (Å²) in [5, 5.41) is 2.91. The Morgan fingerprint density at radius 1 is 0.886 bits per heavy atom. The predicted molar refractivity (Wildman–Crippen MR) is 132 cm³/mol. The molecule has 0 saturated carbocycles. The van der Waals surface area contributed by atoms with E-state index in [9.17, 15) is 19.2 Å². The Morgan fingerprint density at radius 2 is 1.60 bits per heavy atom. The highest BCUT2D eigenvalue weighted by molar-refractivity contribution is 5.98. The van der Waals surface area contributed by atoms with Crippen LogP contribution in [0.15, 0.2) is 48.5 Å². The molecule has 0 bridgehead atoms. The molecule has 7 heteroatoms. The molecule has 184 valence electrons. The minimum Gasteiger partial charge on any atom is -0.456 e. The SMILES string of the molecule is O=C(CCC(=O)c1ccc2c(c1)CCCC2)OCC(=O)N1CCC(C(=O)Nc2ccccc2)CC1. The predicted octanol–water partition coefficient (Wildman–Crippen LogP) is 3.95. The number of esters is 1. The summed E-state index contributed by atoms with van der Waals surface area (Å²) >= 11 is 0. The first-order chi connectivity index (χ1) is 17.0. The molecule has 0 atom stereocenters. The molecule has 1 aliphatic heterocycles. The van der Waals surface area contributed by atoms with Crippen molar-refractivity contribution in [3.63, 3.8) is 0 Å². The Bertz CT molecular complexity index is 1070. The summed E-state index contributed by atoms with van der Waals surface area (Å²) in [6.07, 6.45) is 5.52. The van der Waals surface area contributed by atoms with Gasteiger partial charge in [0.15, 0.2) is 12.4 Å². The van der Waals surface area contributed by atoms with Crippen molar-refractivity contribution in [1.82, 2.24) is 4.90 Å². The number of hydrogen-bond acceptors (Lipinski definition) is 5. The number of amides is 2. The maximum Gasteiger partial charge on any atom is 0.306 e. The molecule has 35 heavy (non-hydrogen) atoms. The number of nitrogens with zero attached hydrogens (tertiary/aromatic N) is 1. The standard InChI is InChI=1S/C28H32N2O5/c31-25(23-11-10-20-6-4-5-7-22(20)18-23)12-13-27(33)35-19-26(32)30-16-14-21(15-17-30)28(34)29-24-8-2-1-3-9-24/h1-3,8-11,18,21H,4-7,12-17,19H2,(H,29,34). The van der Waals surface area contributed by atoms with Gasteiger partial charge >= 0.3 is 5.97 Å². The van der Waals surface area contributed by atoms with Gasteiger partial charge in [-0.1, -0.05) is 30.3 Å². The molecule has 0 radical (unpaired) electrons. The Kier molecular flexibility index (Phi) is 8.29. The Hall–Kier alpha value is -3.48. The van der Waals surface area contributed by atoms with Crippen LogP contribution in [0.4, 0.5) is 5.69 Å². The van der Waals surface area contributed by atoms with Crippen LogP contribution in [0.3, 0.4) is 0 Å². The molecule has 1 saturated heterocycles. The van der Waals surface area contributed by atoms with Crippen molar-refractivity contribution < 1.29 is 23.9 Å². The third-order valence-electron chi connectivity index (χ3n) is 6.84. The monoisotopic (exact) mass is 476 g/mol. The number of carbonyl (C=O) groups excluding carboxylic acids is 4. The second-order valence-corrected chi connectivity index (χ2v) is 9.28. The fraction of sp³-hybridized carbons (Fsp3) is 0.429. The van der Waals surface area contributed by atoms with E-state index in [-0.39, 0.29) is 43.0 Å². The smallest absolute Gasteiger partial charge is 0.306 e. The fourth-order valence-corrected chi connectivity index (χ4v) is 4.73. The van der Waals surface area contributed by atoms with Gasteiger partial charge in [-0.05, 0) is 67.9 Å². The Balaban J connectivity index is 1.15. The Labute approximate surface area is 205 Å². The van der Waals surface area contributed by atoms with Crippen LogP contribution in [0.2, 0.25) is 0 Å². The summed E-state index contributed by atoms with van der Waals surface area (Å²) in [6.45, 7) is 0.549. The number of ketones is 1. The highest BCUT2D eigenvalue weighted by Gasteiger charge is 2.28. The van der Waals surface area contributed by atoms with Gasteiger partial charge in [-0.15, -0.1) is 0 Å². The molecule has 2 aromatic carbocycles. The zero-order chi connectivity index (χ0) is 24.6. The molecule has 1 N–H and O–H groups in total. The first kappa shape index (κ1) is 24.6. The van der Waals surface area contributed by atoms with Gasteiger partial charge in [0.2, 0.25) is 5.91 Å². The Morgan fingerprint density at radius 3 is 2.34 bits per heavy atom. The van der Waals surface area contributed by atoms with E-state index >= 15 is 0 Å². The van der Waals surface area contributed by atoms with E-state index in [0.29, 0.717) is 31.5 Å². The van der Waals surface area contributed by atoms with Gasteiger partial charge in [0, 0.05) is 36.7 Å². The molecule has 7 nitrogen and oxygen atoms in total. The van der Waals surface area contributed by atoms with Gasteiger partial charge in [-0.2, -0.15) is 0 Å². The molecule has 1 fully saturated rings. The number of carbonyl (C=O) groups is 4. The second-order valence-electron chi connectivity index (χ2n) is 9.28. The highest BCUT2D eigenvalue weighted by Crippen LogP contribution is 2.23. The number of nitrogens with one attached hydrogen (secondary N) is 1. The number of Topliss-reactive ketones (excluding diaryl/α,β-unsaturated/α-hetero) is 1. The maximum absolute atomic E-state index is 12.5. The molecule has 0 aromatic heterocycles. The number of ether oxygens (including phenoxy) is 1. The average Bonchev–Trinajstić information content (AvgIpc) is 2.90. The first-order valence-electron chi connectivity index (χ1n) is 12.4. The number of anilines is 1. The van der Waals surface area contributed by atoms with Crippen LogP contribution >= 0.6 is 0 Å². The summed E-state index contributed by atoms with van der Waals surface area (Å²) in [5.74, 6) is -1.12. The summed E-state index contributed by atoms with van der Waals surface area (Å²) in [7, 11) is 0. The van der Waals surface area contributed by atoms with Crippen molar-refractivity contribution in [2.75, 3.05) is 25.0 Å². The number of piperidine rings is 1. The van der Waals surface area contributed by atoms with Gasteiger partial charge in [-0.25, -0.2) is 0 Å². The molecule has 0 spiro atoms. The summed E-state index contributed by atoms with van der Waals surface area (Å²) in [5.41, 5.74) is 3.94. The summed E-state index contributed by atoms with van der Waals surface area (Å²) in [4.78, 5) is 51.1. The van der Waals surface area contributed by atoms with Crippen molar-refractivity contribution in [2.24, 2.45) is 5.92 Å². The van der Waals surface area contributed by atoms with Crippen LogP contribution in [0.25, 0.3) is 0 Å². The van der Waals surface area contributed by atoms with Gasteiger partial charge in [-0.3, -0.25) is 19.2 Å². The number of aryl methyl sites for hydroxylation is 2. The maximum atomic E-state index is 12.5. The molecule has 1 heterocycles. The largest absolute Gasteiger partial charge is 0.456 e. The van der Waals surface area contributed by atoms with Crippen LogP contribution in [0, 0.1) is 5.92 Å². The van der Waals surface area contributed by atoms with Crippen molar-refractivity contribution in [3.05, 3.63) is 65.2 Å². The van der Waals surface area contributed by atoms with Crippen LogP contribution in [0.1, 0.15) is 60.0 Å². The van der Waals surface area contributed by atoms with Gasteiger partial charge in [0.25, 0.3) is 5.91 Å². The van der Waals surface area contributed by atoms with Crippen molar-refractivity contribution in [1.29, 1.82) is 0 Å². The topological polar surface area (TPSA) is 92.8 Å². The zero-order valence-corrected chi connectivity index (χ0v) is 20.0. The van der Waals surface area contributed by atoms with E-state index in [2.05, 4.69) is 5.32 Å². The fourth-order valence-electron chi connectivity index (χ4n) is 4.73. The van der Waals surface area contributed by atoms with Crippen molar-refractivity contribution >= 4 is 29.3 Å². The molecule has 0 unspecified atom stereocenters. The molecule has 1 aliphatic carbocycles. The molecule has 2 aliphatic rings. The number of rotatable bonds is 8. The lowest BCUT2D eigenvalue weighted by atomic mass is 9.89. The quantitative estimate of drug-likeness (QED) is 0.460. The third kappa shape index (κ3) is 6.78. The lowest BCUT2D eigenvalue weighted by Crippen LogP contribution is -2.43. The van der Waals surface area contributed by atoms with E-state index in [0.717, 1.165) is 24.9 Å². The van der Waals surface area contributed by atoms with E-state index in [1.165, 1.54) is 17.5 Å². The molecular formula is C28H32N2O5. The normalized spacial score (nSPS) is 15.7. The van der Waals surface area contributed by atoms with Crippen LogP contribution < -0.4 is 5.32 Å². The van der Waals surface area contributed by atoms with Crippen molar-refractivity contribution in [2.45, 2.75) is 51.4 Å². The van der Waals surface area contributed by atoms with Crippen LogP contribution in [-0.2, 0) is 32.0 Å². The van der Waals surface area contributed by atoms with Crippen molar-refractivity contribution in [3.8, 4) is 0 Å². The number of benzene rings is 2. The average molecular weight is 477 g/mol. The number of hydrogen-bond donors (Lipinski definition) is 1. The van der Waals surface area contributed by atoms with E-state index in [4.69, 9.17) is 4.74 Å². The van der Waals surface area contributed by atoms with Gasteiger partial charge in [0.1, 0.15) is 0 Å². The molecular weight excluding hydrogens is 444 g/mol. The van der Waals surface area contributed by atoms with E-state index in [1.807, 2.05) is 48.5 Å². The third-order valence-corrected chi connectivity index (χ3v) is 6.84. The number of likely N-dealkylation sites (tertiary alicyclic amines) is 1. The lowest BCUT2D eigenvalue weighted by Gasteiger charge is -2.31. The second kappa shape index (κ2) is 11.8. The molecule has 4 rings (SSSR count). The minimum atomic E-state index is -0.554. The van der Waals surface area contributed by atoms with Crippen LogP contribution in [0.5, 0.6) is 0 Å². The van der Waals surface area contributed by atoms with Gasteiger partial charge < -0.3 is 15.0 Å². The number of fused-ring (bicyclic) bond motifs is 1. The van der Waals surface area contributed by atoms with Crippen LogP contribution in [-0.4, -0.2) is 48.2 Å². The highest BCUT2D eigenvalue weighted by atomic mass is 16.5. The van der Waals surface area contributed by atoms with Gasteiger partial charge in [0.05, 0.1) is 6.42 Å². The molecule has 2 aromatic rings. The minimum absolute atomic E-state index is 0.0432.